The molecule has 0 amide bonds. The summed E-state index contributed by atoms with van der Waals surface area (Å²) in [6.45, 7) is 1.54. The van der Waals surface area contributed by atoms with E-state index in [0.717, 1.165) is 19.4 Å². The fourth-order valence-corrected chi connectivity index (χ4v) is 4.15. The zero-order valence-electron chi connectivity index (χ0n) is 11.1. The molecule has 0 spiro atoms. The van der Waals surface area contributed by atoms with Gasteiger partial charge in [-0.15, -0.1) is 0 Å². The van der Waals surface area contributed by atoms with E-state index in [0.29, 0.717) is 6.54 Å². The zero-order valence-corrected chi connectivity index (χ0v) is 12.7. The summed E-state index contributed by atoms with van der Waals surface area (Å²) >= 11 is 5.99. The molecule has 2 rings (SSSR count). The Morgan fingerprint density at radius 2 is 2.25 bits per heavy atom. The van der Waals surface area contributed by atoms with Gasteiger partial charge < -0.3 is 5.32 Å². The van der Waals surface area contributed by atoms with Crippen LogP contribution in [-0.4, -0.2) is 38.9 Å². The van der Waals surface area contributed by atoms with Gasteiger partial charge in [-0.3, -0.25) is 0 Å². The van der Waals surface area contributed by atoms with Gasteiger partial charge in [-0.25, -0.2) is 8.42 Å². The number of halogens is 1. The molecule has 1 aromatic rings. The number of hydrogen-bond donors (Lipinski definition) is 1. The molecule has 108 valence electrons. The number of piperidine rings is 1. The van der Waals surface area contributed by atoms with Gasteiger partial charge in [-0.1, -0.05) is 11.6 Å². The first-order valence-electron chi connectivity index (χ1n) is 6.35. The molecule has 1 atom stereocenters. The largest absolute Gasteiger partial charge is 0.315 e. The SMILES string of the molecule is CN(C1CCCNC1)S(=O)(=O)c1cc(C#N)ccc1Cl. The van der Waals surface area contributed by atoms with Crippen LogP contribution in [0.5, 0.6) is 0 Å². The summed E-state index contributed by atoms with van der Waals surface area (Å²) in [6.07, 6.45) is 1.76. The fourth-order valence-electron chi connectivity index (χ4n) is 2.27. The molecule has 1 heterocycles. The van der Waals surface area contributed by atoms with Crippen LogP contribution < -0.4 is 5.32 Å². The predicted octanol–water partition coefficient (Wildman–Crippen LogP) is 1.58. The molecule has 1 fully saturated rings. The van der Waals surface area contributed by atoms with Crippen molar-refractivity contribution in [1.29, 1.82) is 5.26 Å². The van der Waals surface area contributed by atoms with Gasteiger partial charge in [0.1, 0.15) is 4.90 Å². The Morgan fingerprint density at radius 1 is 1.50 bits per heavy atom. The first-order valence-corrected chi connectivity index (χ1v) is 8.17. The Morgan fingerprint density at radius 3 is 2.85 bits per heavy atom. The molecule has 0 aromatic heterocycles. The van der Waals surface area contributed by atoms with Gasteiger partial charge in [-0.2, -0.15) is 9.57 Å². The monoisotopic (exact) mass is 313 g/mol. The number of rotatable bonds is 3. The molecule has 1 unspecified atom stereocenters. The standard InChI is InChI=1S/C13H16ClN3O2S/c1-17(11-3-2-6-16-9-11)20(18,19)13-7-10(8-15)4-5-12(13)14/h4-5,7,11,16H,2-3,6,9H2,1H3. The van der Waals surface area contributed by atoms with Crippen LogP contribution in [0.25, 0.3) is 0 Å². The van der Waals surface area contributed by atoms with Crippen LogP contribution in [0.4, 0.5) is 0 Å². The maximum atomic E-state index is 12.6. The molecule has 0 saturated carbocycles. The van der Waals surface area contributed by atoms with Crippen LogP contribution >= 0.6 is 11.6 Å². The Bertz CT molecular complexity index is 634. The van der Waals surface area contributed by atoms with E-state index in [1.807, 2.05) is 6.07 Å². The summed E-state index contributed by atoms with van der Waals surface area (Å²) in [6, 6.07) is 6.12. The van der Waals surface area contributed by atoms with Gasteiger partial charge in [0.2, 0.25) is 10.0 Å². The Balaban J connectivity index is 2.36. The minimum atomic E-state index is -3.69. The lowest BCUT2D eigenvalue weighted by atomic mass is 10.1. The highest BCUT2D eigenvalue weighted by molar-refractivity contribution is 7.89. The minimum Gasteiger partial charge on any atom is -0.315 e. The van der Waals surface area contributed by atoms with E-state index in [9.17, 15) is 8.42 Å². The highest BCUT2D eigenvalue weighted by Crippen LogP contribution is 2.27. The number of nitrogens with one attached hydrogen (secondary N) is 1. The third kappa shape index (κ3) is 2.96. The van der Waals surface area contributed by atoms with Gasteiger partial charge in [0.05, 0.1) is 16.7 Å². The highest BCUT2D eigenvalue weighted by atomic mass is 35.5. The van der Waals surface area contributed by atoms with E-state index in [1.165, 1.54) is 22.5 Å². The van der Waals surface area contributed by atoms with Crippen molar-refractivity contribution in [3.63, 3.8) is 0 Å². The van der Waals surface area contributed by atoms with E-state index in [-0.39, 0.29) is 21.5 Å². The number of hydrogen-bond acceptors (Lipinski definition) is 4. The van der Waals surface area contributed by atoms with E-state index in [1.54, 1.807) is 7.05 Å². The van der Waals surface area contributed by atoms with Crippen LogP contribution in [0.15, 0.2) is 23.1 Å². The molecule has 1 aromatic carbocycles. The lowest BCUT2D eigenvalue weighted by Crippen LogP contribution is -2.46. The summed E-state index contributed by atoms with van der Waals surface area (Å²) in [4.78, 5) is -0.00806. The summed E-state index contributed by atoms with van der Waals surface area (Å²) in [5, 5.41) is 12.2. The smallest absolute Gasteiger partial charge is 0.244 e. The third-order valence-corrected chi connectivity index (χ3v) is 5.89. The number of likely N-dealkylation sites (N-methyl/N-ethyl adjacent to an activating group) is 1. The van der Waals surface area contributed by atoms with Gasteiger partial charge in [0.15, 0.2) is 0 Å². The molecule has 1 saturated heterocycles. The molecular weight excluding hydrogens is 298 g/mol. The molecule has 5 nitrogen and oxygen atoms in total. The first-order chi connectivity index (χ1) is 9.46. The molecule has 1 aliphatic rings. The number of nitriles is 1. The van der Waals surface area contributed by atoms with Gasteiger partial charge >= 0.3 is 0 Å². The lowest BCUT2D eigenvalue weighted by molar-refractivity contribution is 0.300. The second-order valence-corrected chi connectivity index (χ2v) is 7.15. The Hall–Kier alpha value is -1.13. The summed E-state index contributed by atoms with van der Waals surface area (Å²) in [7, 11) is -2.13. The molecule has 20 heavy (non-hydrogen) atoms. The van der Waals surface area contributed by atoms with Crippen molar-refractivity contribution in [2.45, 2.75) is 23.8 Å². The van der Waals surface area contributed by atoms with Crippen molar-refractivity contribution in [2.75, 3.05) is 20.1 Å². The van der Waals surface area contributed by atoms with Crippen LogP contribution in [0.1, 0.15) is 18.4 Å². The predicted molar refractivity (Wildman–Crippen MR) is 77.0 cm³/mol. The molecule has 0 bridgehead atoms. The second-order valence-electron chi connectivity index (χ2n) is 4.78. The molecular formula is C13H16ClN3O2S. The molecule has 0 radical (unpaired) electrons. The van der Waals surface area contributed by atoms with Gasteiger partial charge in [0, 0.05) is 19.6 Å². The summed E-state index contributed by atoms with van der Waals surface area (Å²) in [5.74, 6) is 0. The third-order valence-electron chi connectivity index (χ3n) is 3.50. The van der Waals surface area contributed by atoms with Crippen molar-refractivity contribution >= 4 is 21.6 Å². The Kier molecular flexibility index (Phi) is 4.66. The van der Waals surface area contributed by atoms with Crippen LogP contribution in [0, 0.1) is 11.3 Å². The molecule has 0 aliphatic carbocycles. The molecule has 1 aliphatic heterocycles. The molecule has 7 heteroatoms. The van der Waals surface area contributed by atoms with Gasteiger partial charge in [-0.05, 0) is 37.6 Å². The number of benzene rings is 1. The zero-order chi connectivity index (χ0) is 14.8. The minimum absolute atomic E-state index is 0.00806. The van der Waals surface area contributed by atoms with Crippen LogP contribution in [0.2, 0.25) is 5.02 Å². The summed E-state index contributed by atoms with van der Waals surface area (Å²) < 4.78 is 26.6. The van der Waals surface area contributed by atoms with E-state index in [4.69, 9.17) is 16.9 Å². The maximum Gasteiger partial charge on any atom is 0.244 e. The van der Waals surface area contributed by atoms with E-state index >= 15 is 0 Å². The first kappa shape index (κ1) is 15.3. The van der Waals surface area contributed by atoms with Crippen LogP contribution in [0.3, 0.4) is 0 Å². The average molecular weight is 314 g/mol. The van der Waals surface area contributed by atoms with Crippen molar-refractivity contribution in [1.82, 2.24) is 9.62 Å². The maximum absolute atomic E-state index is 12.6. The van der Waals surface area contributed by atoms with Crippen molar-refractivity contribution < 1.29 is 8.42 Å². The van der Waals surface area contributed by atoms with Gasteiger partial charge in [0.25, 0.3) is 0 Å². The second kappa shape index (κ2) is 6.10. The number of nitrogens with zero attached hydrogens (tertiary/aromatic N) is 2. The quantitative estimate of drug-likeness (QED) is 0.919. The normalized spacial score (nSPS) is 19.8. The van der Waals surface area contributed by atoms with E-state index in [2.05, 4.69) is 5.32 Å². The highest BCUT2D eigenvalue weighted by Gasteiger charge is 2.30. The topological polar surface area (TPSA) is 73.2 Å². The van der Waals surface area contributed by atoms with Crippen LogP contribution in [-0.2, 0) is 10.0 Å². The lowest BCUT2D eigenvalue weighted by Gasteiger charge is -2.31. The van der Waals surface area contributed by atoms with Crippen molar-refractivity contribution in [3.05, 3.63) is 28.8 Å². The Labute approximate surface area is 124 Å². The molecule has 1 N–H and O–H groups in total. The number of sulfonamides is 1. The fraction of sp³-hybridized carbons (Fsp3) is 0.462. The average Bonchev–Trinajstić information content (AvgIpc) is 2.47. The van der Waals surface area contributed by atoms with E-state index < -0.39 is 10.0 Å². The van der Waals surface area contributed by atoms with Crippen molar-refractivity contribution in [3.8, 4) is 6.07 Å². The van der Waals surface area contributed by atoms with Crippen molar-refractivity contribution in [2.24, 2.45) is 0 Å². The summed E-state index contributed by atoms with van der Waals surface area (Å²) in [5.41, 5.74) is 0.281.